The van der Waals surface area contributed by atoms with Gasteiger partial charge in [0.2, 0.25) is 0 Å². The van der Waals surface area contributed by atoms with Crippen molar-refractivity contribution in [1.82, 2.24) is 5.32 Å². The molecule has 1 rings (SSSR count). The van der Waals surface area contributed by atoms with Gasteiger partial charge in [0.15, 0.2) is 0 Å². The minimum Gasteiger partial charge on any atom is -0.496 e. The summed E-state index contributed by atoms with van der Waals surface area (Å²) < 4.78 is 5.13. The molecule has 0 aliphatic rings. The van der Waals surface area contributed by atoms with Crippen molar-refractivity contribution in [2.24, 2.45) is 0 Å². The summed E-state index contributed by atoms with van der Waals surface area (Å²) in [6, 6.07) is 7.09. The lowest BCUT2D eigenvalue weighted by atomic mass is 10.1. The zero-order chi connectivity index (χ0) is 14.8. The molecule has 1 aromatic carbocycles. The van der Waals surface area contributed by atoms with Crippen molar-refractivity contribution in [3.05, 3.63) is 29.8 Å². The highest BCUT2D eigenvalue weighted by Crippen LogP contribution is 2.16. The largest absolute Gasteiger partial charge is 0.496 e. The van der Waals surface area contributed by atoms with Gasteiger partial charge in [-0.15, -0.1) is 0 Å². The number of ether oxygens (including phenoxy) is 1. The van der Waals surface area contributed by atoms with Crippen molar-refractivity contribution < 1.29 is 19.4 Å². The molecule has 0 saturated carbocycles. The zero-order valence-corrected chi connectivity index (χ0v) is 11.7. The summed E-state index contributed by atoms with van der Waals surface area (Å²) in [5.41, 5.74) is 0.529. The van der Waals surface area contributed by atoms with Crippen LogP contribution in [-0.2, 0) is 4.79 Å². The molecule has 0 spiro atoms. The molecule has 0 bridgehead atoms. The van der Waals surface area contributed by atoms with E-state index in [-0.39, 0.29) is 12.3 Å². The molecule has 5 heteroatoms. The average molecular weight is 279 g/mol. The van der Waals surface area contributed by atoms with E-state index in [0.29, 0.717) is 24.3 Å². The molecule has 5 nitrogen and oxygen atoms in total. The summed E-state index contributed by atoms with van der Waals surface area (Å²) in [6.07, 6.45) is 3.54. The van der Waals surface area contributed by atoms with Gasteiger partial charge < -0.3 is 15.2 Å². The molecule has 0 aromatic heterocycles. The van der Waals surface area contributed by atoms with Crippen LogP contribution >= 0.6 is 0 Å². The van der Waals surface area contributed by atoms with Gasteiger partial charge in [-0.05, 0) is 25.0 Å². The van der Waals surface area contributed by atoms with Gasteiger partial charge in [-0.25, -0.2) is 0 Å². The number of benzene rings is 1. The first kappa shape index (κ1) is 16.0. The van der Waals surface area contributed by atoms with E-state index >= 15 is 0 Å². The molecular formula is C15H21NO4. The molecular weight excluding hydrogens is 258 g/mol. The van der Waals surface area contributed by atoms with Crippen molar-refractivity contribution in [2.45, 2.75) is 32.1 Å². The summed E-state index contributed by atoms with van der Waals surface area (Å²) in [5.74, 6) is -0.339. The van der Waals surface area contributed by atoms with Crippen LogP contribution in [0.15, 0.2) is 24.3 Å². The molecule has 0 radical (unpaired) electrons. The van der Waals surface area contributed by atoms with Gasteiger partial charge in [0.05, 0.1) is 12.7 Å². The maximum Gasteiger partial charge on any atom is 0.303 e. The first-order valence-electron chi connectivity index (χ1n) is 6.78. The number of carbonyl (C=O) groups excluding carboxylic acids is 1. The Hall–Kier alpha value is -2.04. The highest BCUT2D eigenvalue weighted by atomic mass is 16.5. The number of rotatable bonds is 9. The monoisotopic (exact) mass is 279 g/mol. The number of hydrogen-bond acceptors (Lipinski definition) is 3. The van der Waals surface area contributed by atoms with Crippen molar-refractivity contribution in [3.8, 4) is 5.75 Å². The average Bonchev–Trinajstić information content (AvgIpc) is 2.45. The van der Waals surface area contributed by atoms with Crippen LogP contribution in [0.1, 0.15) is 42.5 Å². The molecule has 0 aliphatic carbocycles. The topological polar surface area (TPSA) is 75.6 Å². The minimum absolute atomic E-state index is 0.145. The van der Waals surface area contributed by atoms with Crippen LogP contribution in [0.4, 0.5) is 0 Å². The Kier molecular flexibility index (Phi) is 7.17. The molecule has 0 aliphatic heterocycles. The van der Waals surface area contributed by atoms with Crippen LogP contribution in [0.2, 0.25) is 0 Å². The SMILES string of the molecule is COc1ccccc1C(=O)NCCCCCCC(=O)O. The molecule has 0 unspecified atom stereocenters. The van der Waals surface area contributed by atoms with Crippen molar-refractivity contribution in [3.63, 3.8) is 0 Å². The second-order valence-electron chi connectivity index (χ2n) is 4.51. The third kappa shape index (κ3) is 5.73. The highest BCUT2D eigenvalue weighted by Gasteiger charge is 2.10. The van der Waals surface area contributed by atoms with E-state index in [0.717, 1.165) is 19.3 Å². The Morgan fingerprint density at radius 1 is 1.15 bits per heavy atom. The molecule has 110 valence electrons. The number of unbranched alkanes of at least 4 members (excludes halogenated alkanes) is 3. The maximum atomic E-state index is 11.9. The Morgan fingerprint density at radius 2 is 1.85 bits per heavy atom. The van der Waals surface area contributed by atoms with Crippen molar-refractivity contribution >= 4 is 11.9 Å². The van der Waals surface area contributed by atoms with Crippen LogP contribution in [0.25, 0.3) is 0 Å². The second kappa shape index (κ2) is 8.96. The molecule has 0 saturated heterocycles. The van der Waals surface area contributed by atoms with Gasteiger partial charge in [0, 0.05) is 13.0 Å². The number of aliphatic carboxylic acids is 1. The van der Waals surface area contributed by atoms with Gasteiger partial charge in [-0.2, -0.15) is 0 Å². The van der Waals surface area contributed by atoms with Crippen LogP contribution in [0, 0.1) is 0 Å². The normalized spacial score (nSPS) is 10.1. The number of nitrogens with one attached hydrogen (secondary N) is 1. The van der Waals surface area contributed by atoms with E-state index in [4.69, 9.17) is 9.84 Å². The van der Waals surface area contributed by atoms with Gasteiger partial charge in [-0.3, -0.25) is 9.59 Å². The predicted molar refractivity (Wildman–Crippen MR) is 76.0 cm³/mol. The van der Waals surface area contributed by atoms with Gasteiger partial charge in [0.25, 0.3) is 5.91 Å². The number of carboxylic acid groups (broad SMARTS) is 1. The second-order valence-corrected chi connectivity index (χ2v) is 4.51. The summed E-state index contributed by atoms with van der Waals surface area (Å²) in [5, 5.41) is 11.3. The molecule has 0 heterocycles. The molecule has 1 aromatic rings. The summed E-state index contributed by atoms with van der Waals surface area (Å²) in [6.45, 7) is 0.587. The summed E-state index contributed by atoms with van der Waals surface area (Å²) >= 11 is 0. The number of para-hydroxylation sites is 1. The van der Waals surface area contributed by atoms with Gasteiger partial charge in [0.1, 0.15) is 5.75 Å². The number of carbonyl (C=O) groups is 2. The van der Waals surface area contributed by atoms with Gasteiger partial charge >= 0.3 is 5.97 Å². The van der Waals surface area contributed by atoms with E-state index in [9.17, 15) is 9.59 Å². The van der Waals surface area contributed by atoms with E-state index < -0.39 is 5.97 Å². The van der Waals surface area contributed by atoms with Crippen molar-refractivity contribution in [2.75, 3.05) is 13.7 Å². The molecule has 2 N–H and O–H groups in total. The predicted octanol–water partition coefficient (Wildman–Crippen LogP) is 2.46. The molecule has 20 heavy (non-hydrogen) atoms. The molecule has 1 amide bonds. The third-order valence-corrected chi connectivity index (χ3v) is 2.95. The Labute approximate surface area is 118 Å². The highest BCUT2D eigenvalue weighted by molar-refractivity contribution is 5.96. The lowest BCUT2D eigenvalue weighted by Gasteiger charge is -2.08. The Balaban J connectivity index is 2.22. The Morgan fingerprint density at radius 3 is 2.55 bits per heavy atom. The lowest BCUT2D eigenvalue weighted by molar-refractivity contribution is -0.137. The van der Waals surface area contributed by atoms with Gasteiger partial charge in [-0.1, -0.05) is 25.0 Å². The molecule has 0 fully saturated rings. The smallest absolute Gasteiger partial charge is 0.303 e. The fourth-order valence-corrected chi connectivity index (χ4v) is 1.88. The number of hydrogen-bond donors (Lipinski definition) is 2. The van der Waals surface area contributed by atoms with E-state index in [1.54, 1.807) is 18.2 Å². The lowest BCUT2D eigenvalue weighted by Crippen LogP contribution is -2.24. The first-order valence-corrected chi connectivity index (χ1v) is 6.78. The maximum absolute atomic E-state index is 11.9. The van der Waals surface area contributed by atoms with Crippen LogP contribution in [-0.4, -0.2) is 30.6 Å². The van der Waals surface area contributed by atoms with E-state index in [1.807, 2.05) is 6.07 Å². The Bertz CT molecular complexity index is 445. The third-order valence-electron chi connectivity index (χ3n) is 2.95. The van der Waals surface area contributed by atoms with Crippen LogP contribution in [0.5, 0.6) is 5.75 Å². The summed E-state index contributed by atoms with van der Waals surface area (Å²) in [4.78, 5) is 22.3. The van der Waals surface area contributed by atoms with Crippen molar-refractivity contribution in [1.29, 1.82) is 0 Å². The van der Waals surface area contributed by atoms with E-state index in [2.05, 4.69) is 5.32 Å². The van der Waals surface area contributed by atoms with E-state index in [1.165, 1.54) is 7.11 Å². The fourth-order valence-electron chi connectivity index (χ4n) is 1.88. The number of methoxy groups -OCH3 is 1. The number of amides is 1. The van der Waals surface area contributed by atoms with Crippen LogP contribution < -0.4 is 10.1 Å². The van der Waals surface area contributed by atoms with Crippen LogP contribution in [0.3, 0.4) is 0 Å². The first-order chi connectivity index (χ1) is 9.65. The fraction of sp³-hybridized carbons (Fsp3) is 0.467. The summed E-state index contributed by atoms with van der Waals surface area (Å²) in [7, 11) is 1.54. The minimum atomic E-state index is -0.755. The number of carboxylic acids is 1. The zero-order valence-electron chi connectivity index (χ0n) is 11.7. The standard InChI is InChI=1S/C15H21NO4/c1-20-13-9-6-5-8-12(13)15(19)16-11-7-3-2-4-10-14(17)18/h5-6,8-9H,2-4,7,10-11H2,1H3,(H,16,19)(H,17,18). The molecule has 0 atom stereocenters. The quantitative estimate of drug-likeness (QED) is 0.681.